The first-order chi connectivity index (χ1) is 15.7. The number of amides is 2. The van der Waals surface area contributed by atoms with Crippen molar-refractivity contribution in [2.45, 2.75) is 40.4 Å². The molecule has 3 aromatic rings. The Kier molecular flexibility index (Phi) is 7.34. The third-order valence-corrected chi connectivity index (χ3v) is 5.53. The fourth-order valence-electron chi connectivity index (χ4n) is 3.35. The summed E-state index contributed by atoms with van der Waals surface area (Å²) in [6, 6.07) is 11.5. The van der Waals surface area contributed by atoms with Crippen LogP contribution in [0.4, 0.5) is 11.4 Å². The average molecular weight is 469 g/mol. The molecule has 0 saturated carbocycles. The van der Waals surface area contributed by atoms with Gasteiger partial charge in [0.15, 0.2) is 10.6 Å². The molecule has 0 atom stereocenters. The molecule has 0 radical (unpaired) electrons. The summed E-state index contributed by atoms with van der Waals surface area (Å²) in [5.41, 5.74) is 2.44. The molecule has 2 amide bonds. The van der Waals surface area contributed by atoms with Gasteiger partial charge in [-0.1, -0.05) is 18.2 Å². The maximum Gasteiger partial charge on any atom is 0.269 e. The first-order valence-electron chi connectivity index (χ1n) is 10.3. The van der Waals surface area contributed by atoms with E-state index in [2.05, 4.69) is 15.7 Å². The number of non-ortho nitro benzene ring substituents is 1. The summed E-state index contributed by atoms with van der Waals surface area (Å²) in [4.78, 5) is 35.5. The number of carbonyl (C=O) groups excluding carboxylic acids is 2. The Balaban J connectivity index is 1.71. The van der Waals surface area contributed by atoms with Crippen LogP contribution >= 0.6 is 12.2 Å². The van der Waals surface area contributed by atoms with Gasteiger partial charge in [0.05, 0.1) is 11.5 Å². The molecule has 172 valence electrons. The standard InChI is InChI=1S/C22H24N6O4S/c1-4-26-19(12-23-21(30)17-8-6-5-7-14(17)2)25-27(22(26)33)13-20(29)24-18-10-9-16(28(31)32)11-15(18)3/h5-11H,4,12-13H2,1-3H3,(H,23,30)(H,24,29). The van der Waals surface area contributed by atoms with Crippen LogP contribution in [0.1, 0.15) is 34.2 Å². The molecule has 0 spiro atoms. The Hall–Kier alpha value is -3.86. The molecule has 10 nitrogen and oxygen atoms in total. The average Bonchev–Trinajstić information content (AvgIpc) is 3.07. The van der Waals surface area contributed by atoms with E-state index in [0.29, 0.717) is 34.0 Å². The number of anilines is 1. The van der Waals surface area contributed by atoms with Crippen molar-refractivity contribution in [2.24, 2.45) is 0 Å². The van der Waals surface area contributed by atoms with Gasteiger partial charge in [0.2, 0.25) is 5.91 Å². The van der Waals surface area contributed by atoms with Gasteiger partial charge in [0, 0.05) is 29.9 Å². The first-order valence-corrected chi connectivity index (χ1v) is 10.7. The number of hydrogen-bond acceptors (Lipinski definition) is 6. The first kappa shape index (κ1) is 23.8. The van der Waals surface area contributed by atoms with Crippen LogP contribution in [0.15, 0.2) is 42.5 Å². The molecule has 1 aromatic heterocycles. The summed E-state index contributed by atoms with van der Waals surface area (Å²) < 4.78 is 3.50. The topological polar surface area (TPSA) is 124 Å². The van der Waals surface area contributed by atoms with Crippen LogP contribution in [0.5, 0.6) is 0 Å². The number of nitrogens with zero attached hydrogens (tertiary/aromatic N) is 4. The summed E-state index contributed by atoms with van der Waals surface area (Å²) in [5.74, 6) is -0.0642. The second-order valence-electron chi connectivity index (χ2n) is 7.40. The molecule has 0 unspecified atom stereocenters. The number of hydrogen-bond donors (Lipinski definition) is 2. The Morgan fingerprint density at radius 2 is 1.88 bits per heavy atom. The Labute approximate surface area is 195 Å². The minimum Gasteiger partial charge on any atom is -0.345 e. The minimum atomic E-state index is -0.491. The number of aryl methyl sites for hydroxylation is 2. The number of rotatable bonds is 8. The van der Waals surface area contributed by atoms with Gasteiger partial charge in [-0.05, 0) is 56.2 Å². The summed E-state index contributed by atoms with van der Waals surface area (Å²) >= 11 is 5.46. The van der Waals surface area contributed by atoms with Crippen molar-refractivity contribution in [3.05, 3.63) is 79.9 Å². The van der Waals surface area contributed by atoms with Gasteiger partial charge in [-0.15, -0.1) is 0 Å². The van der Waals surface area contributed by atoms with Crippen molar-refractivity contribution in [3.8, 4) is 0 Å². The van der Waals surface area contributed by atoms with Gasteiger partial charge in [-0.2, -0.15) is 5.10 Å². The fourth-order valence-corrected chi connectivity index (χ4v) is 3.69. The second-order valence-corrected chi connectivity index (χ2v) is 7.77. The highest BCUT2D eigenvalue weighted by atomic mass is 32.1. The number of nitro benzene ring substituents is 1. The van der Waals surface area contributed by atoms with E-state index in [-0.39, 0.29) is 30.6 Å². The van der Waals surface area contributed by atoms with Gasteiger partial charge in [-0.25, -0.2) is 4.68 Å². The lowest BCUT2D eigenvalue weighted by atomic mass is 10.1. The van der Waals surface area contributed by atoms with E-state index in [9.17, 15) is 19.7 Å². The molecule has 0 aliphatic heterocycles. The number of nitro groups is 1. The van der Waals surface area contributed by atoms with Crippen LogP contribution in [0, 0.1) is 28.7 Å². The maximum absolute atomic E-state index is 12.6. The predicted octanol–water partition coefficient (Wildman–Crippen LogP) is 3.53. The Morgan fingerprint density at radius 1 is 1.15 bits per heavy atom. The Morgan fingerprint density at radius 3 is 2.52 bits per heavy atom. The molecular formula is C22H24N6O4S. The zero-order valence-electron chi connectivity index (χ0n) is 18.5. The molecule has 3 rings (SSSR count). The summed E-state index contributed by atoms with van der Waals surface area (Å²) in [7, 11) is 0. The normalized spacial score (nSPS) is 10.6. The van der Waals surface area contributed by atoms with Gasteiger partial charge in [-0.3, -0.25) is 19.7 Å². The van der Waals surface area contributed by atoms with Gasteiger partial charge in [0.25, 0.3) is 11.6 Å². The zero-order chi connectivity index (χ0) is 24.1. The van der Waals surface area contributed by atoms with E-state index in [1.54, 1.807) is 23.6 Å². The molecule has 0 bridgehead atoms. The van der Waals surface area contributed by atoms with E-state index in [0.717, 1.165) is 5.56 Å². The van der Waals surface area contributed by atoms with E-state index < -0.39 is 4.92 Å². The quantitative estimate of drug-likeness (QED) is 0.296. The lowest BCUT2D eigenvalue weighted by Crippen LogP contribution is -2.25. The highest BCUT2D eigenvalue weighted by Gasteiger charge is 2.16. The number of benzene rings is 2. The maximum atomic E-state index is 12.6. The number of carbonyl (C=O) groups is 2. The molecular weight excluding hydrogens is 444 g/mol. The second kappa shape index (κ2) is 10.2. The van der Waals surface area contributed by atoms with Crippen LogP contribution in [0.2, 0.25) is 0 Å². The van der Waals surface area contributed by atoms with E-state index >= 15 is 0 Å². The Bertz CT molecular complexity index is 1280. The zero-order valence-corrected chi connectivity index (χ0v) is 19.3. The molecule has 1 heterocycles. The van der Waals surface area contributed by atoms with Crippen LogP contribution in [0.25, 0.3) is 0 Å². The molecule has 0 aliphatic rings. The van der Waals surface area contributed by atoms with Gasteiger partial charge in [0.1, 0.15) is 6.54 Å². The lowest BCUT2D eigenvalue weighted by Gasteiger charge is -2.08. The molecule has 0 fully saturated rings. The van der Waals surface area contributed by atoms with Crippen LogP contribution < -0.4 is 10.6 Å². The SMILES string of the molecule is CCn1c(CNC(=O)c2ccccc2C)nn(CC(=O)Nc2ccc([N+](=O)[O-])cc2C)c1=S. The van der Waals surface area contributed by atoms with E-state index in [1.807, 2.05) is 26.0 Å². The molecule has 2 N–H and O–H groups in total. The van der Waals surface area contributed by atoms with Crippen molar-refractivity contribution in [1.82, 2.24) is 19.7 Å². The highest BCUT2D eigenvalue weighted by molar-refractivity contribution is 7.71. The number of nitrogens with one attached hydrogen (secondary N) is 2. The van der Waals surface area contributed by atoms with Crippen LogP contribution in [-0.2, 0) is 24.4 Å². The summed E-state index contributed by atoms with van der Waals surface area (Å²) in [6.07, 6.45) is 0. The van der Waals surface area contributed by atoms with Crippen LogP contribution in [-0.4, -0.2) is 31.1 Å². The third-order valence-electron chi connectivity index (χ3n) is 5.10. The smallest absolute Gasteiger partial charge is 0.269 e. The summed E-state index contributed by atoms with van der Waals surface area (Å²) in [5, 5.41) is 20.9. The molecule has 0 aliphatic carbocycles. The van der Waals surface area contributed by atoms with Crippen molar-refractivity contribution in [3.63, 3.8) is 0 Å². The largest absolute Gasteiger partial charge is 0.345 e. The molecule has 2 aromatic carbocycles. The fraction of sp³-hybridized carbons (Fsp3) is 0.273. The molecule has 33 heavy (non-hydrogen) atoms. The molecule has 11 heteroatoms. The monoisotopic (exact) mass is 468 g/mol. The van der Waals surface area contributed by atoms with Crippen LogP contribution in [0.3, 0.4) is 0 Å². The lowest BCUT2D eigenvalue weighted by molar-refractivity contribution is -0.384. The van der Waals surface area contributed by atoms with Crippen molar-refractivity contribution < 1.29 is 14.5 Å². The van der Waals surface area contributed by atoms with Crippen molar-refractivity contribution in [2.75, 3.05) is 5.32 Å². The van der Waals surface area contributed by atoms with E-state index in [4.69, 9.17) is 12.2 Å². The van der Waals surface area contributed by atoms with Gasteiger partial charge < -0.3 is 15.2 Å². The van der Waals surface area contributed by atoms with Crippen molar-refractivity contribution >= 4 is 35.4 Å². The van der Waals surface area contributed by atoms with Gasteiger partial charge >= 0.3 is 0 Å². The van der Waals surface area contributed by atoms with E-state index in [1.165, 1.54) is 22.9 Å². The highest BCUT2D eigenvalue weighted by Crippen LogP contribution is 2.21. The molecule has 0 saturated heterocycles. The minimum absolute atomic E-state index is 0.0493. The van der Waals surface area contributed by atoms with Crippen molar-refractivity contribution in [1.29, 1.82) is 0 Å². The summed E-state index contributed by atoms with van der Waals surface area (Å²) in [6.45, 7) is 5.98. The number of aromatic nitrogens is 3. The predicted molar refractivity (Wildman–Crippen MR) is 126 cm³/mol. The third kappa shape index (κ3) is 5.50.